The van der Waals surface area contributed by atoms with Gasteiger partial charge < -0.3 is 14.8 Å². The molecule has 0 bridgehead atoms. The number of carbonyl (C=O) groups excluding carboxylic acids is 2. The molecule has 2 amide bonds. The normalized spacial score (nSPS) is 13.7. The summed E-state index contributed by atoms with van der Waals surface area (Å²) >= 11 is 1.42. The number of benzene rings is 2. The molecule has 0 atom stereocenters. The van der Waals surface area contributed by atoms with E-state index in [2.05, 4.69) is 5.32 Å². The van der Waals surface area contributed by atoms with Crippen molar-refractivity contribution in [2.75, 3.05) is 23.4 Å². The number of nitrogens with one attached hydrogen (secondary N) is 1. The summed E-state index contributed by atoms with van der Waals surface area (Å²) in [5.41, 5.74) is 1.81. The van der Waals surface area contributed by atoms with Gasteiger partial charge in [0.05, 0.1) is 24.5 Å². The summed E-state index contributed by atoms with van der Waals surface area (Å²) in [6.45, 7) is 4.94. The molecule has 4 rings (SSSR count). The van der Waals surface area contributed by atoms with Crippen LogP contribution in [0.3, 0.4) is 0 Å². The highest BCUT2D eigenvalue weighted by Gasteiger charge is 2.40. The summed E-state index contributed by atoms with van der Waals surface area (Å²) in [4.78, 5) is 28.6. The zero-order valence-corrected chi connectivity index (χ0v) is 18.1. The standard InChI is InChI=1S/C24H22N2O4S/c1-3-29-18-11-7-16(8-12-18)25-22-21(20-6-5-15-31-20)23(27)26(24(22)28)17-9-13-19(14-10-17)30-4-2/h5-15,25H,3-4H2,1-2H3. The third-order valence-electron chi connectivity index (χ3n) is 4.69. The van der Waals surface area contributed by atoms with Crippen LogP contribution in [-0.4, -0.2) is 25.0 Å². The van der Waals surface area contributed by atoms with Crippen molar-refractivity contribution in [2.45, 2.75) is 13.8 Å². The van der Waals surface area contributed by atoms with Gasteiger partial charge in [-0.3, -0.25) is 9.59 Å². The molecule has 1 aliphatic rings. The van der Waals surface area contributed by atoms with Gasteiger partial charge in [0.15, 0.2) is 0 Å². The van der Waals surface area contributed by atoms with Gasteiger partial charge in [-0.2, -0.15) is 0 Å². The molecule has 0 unspecified atom stereocenters. The smallest absolute Gasteiger partial charge is 0.282 e. The van der Waals surface area contributed by atoms with Crippen molar-refractivity contribution in [3.8, 4) is 11.5 Å². The summed E-state index contributed by atoms with van der Waals surface area (Å²) in [7, 11) is 0. The number of carbonyl (C=O) groups is 2. The maximum atomic E-state index is 13.3. The van der Waals surface area contributed by atoms with Gasteiger partial charge in [-0.15, -0.1) is 11.3 Å². The van der Waals surface area contributed by atoms with Crippen LogP contribution >= 0.6 is 11.3 Å². The Kier molecular flexibility index (Phi) is 6.04. The Labute approximate surface area is 184 Å². The zero-order chi connectivity index (χ0) is 21.8. The molecular formula is C24H22N2O4S. The molecule has 0 saturated carbocycles. The predicted octanol–water partition coefficient (Wildman–Crippen LogP) is 4.94. The maximum Gasteiger partial charge on any atom is 0.282 e. The Bertz CT molecular complexity index is 1100. The van der Waals surface area contributed by atoms with Crippen LogP contribution in [0.2, 0.25) is 0 Å². The van der Waals surface area contributed by atoms with E-state index in [0.29, 0.717) is 35.9 Å². The van der Waals surface area contributed by atoms with Crippen molar-refractivity contribution in [3.05, 3.63) is 76.6 Å². The summed E-state index contributed by atoms with van der Waals surface area (Å²) in [5.74, 6) is 0.673. The van der Waals surface area contributed by atoms with Gasteiger partial charge in [0.1, 0.15) is 17.2 Å². The number of amides is 2. The Morgan fingerprint density at radius 3 is 2.00 bits per heavy atom. The van der Waals surface area contributed by atoms with Gasteiger partial charge >= 0.3 is 0 Å². The highest BCUT2D eigenvalue weighted by atomic mass is 32.1. The topological polar surface area (TPSA) is 67.9 Å². The Morgan fingerprint density at radius 1 is 0.839 bits per heavy atom. The number of hydrogen-bond donors (Lipinski definition) is 1. The highest BCUT2D eigenvalue weighted by molar-refractivity contribution is 7.11. The summed E-state index contributed by atoms with van der Waals surface area (Å²) < 4.78 is 10.9. The quantitative estimate of drug-likeness (QED) is 0.509. The fourth-order valence-electron chi connectivity index (χ4n) is 3.33. The van der Waals surface area contributed by atoms with Crippen molar-refractivity contribution in [3.63, 3.8) is 0 Å². The van der Waals surface area contributed by atoms with Gasteiger partial charge in [0.2, 0.25) is 0 Å². The van der Waals surface area contributed by atoms with Crippen molar-refractivity contribution in [2.24, 2.45) is 0 Å². The average molecular weight is 435 g/mol. The number of hydrogen-bond acceptors (Lipinski definition) is 6. The summed E-state index contributed by atoms with van der Waals surface area (Å²) in [5, 5.41) is 5.04. The lowest BCUT2D eigenvalue weighted by atomic mass is 10.2. The van der Waals surface area contributed by atoms with Crippen LogP contribution < -0.4 is 19.7 Å². The molecular weight excluding hydrogens is 412 g/mol. The second-order valence-corrected chi connectivity index (χ2v) is 7.63. The number of nitrogens with zero attached hydrogens (tertiary/aromatic N) is 1. The van der Waals surface area contributed by atoms with Gasteiger partial charge in [-0.1, -0.05) is 6.07 Å². The minimum absolute atomic E-state index is 0.255. The molecule has 6 nitrogen and oxygen atoms in total. The van der Waals surface area contributed by atoms with Gasteiger partial charge in [0.25, 0.3) is 11.8 Å². The van der Waals surface area contributed by atoms with E-state index in [1.165, 1.54) is 16.2 Å². The lowest BCUT2D eigenvalue weighted by Gasteiger charge is -2.16. The van der Waals surface area contributed by atoms with Gasteiger partial charge in [0, 0.05) is 10.6 Å². The van der Waals surface area contributed by atoms with E-state index in [9.17, 15) is 9.59 Å². The first-order valence-corrected chi connectivity index (χ1v) is 10.9. The first-order valence-electron chi connectivity index (χ1n) is 10.0. The number of ether oxygens (including phenoxy) is 2. The molecule has 0 radical (unpaired) electrons. The lowest BCUT2D eigenvalue weighted by Crippen LogP contribution is -2.32. The number of imide groups is 1. The Balaban J connectivity index is 1.68. The van der Waals surface area contributed by atoms with E-state index in [-0.39, 0.29) is 11.6 Å². The van der Waals surface area contributed by atoms with E-state index in [0.717, 1.165) is 10.6 Å². The Hall–Kier alpha value is -3.58. The minimum Gasteiger partial charge on any atom is -0.494 e. The molecule has 1 N–H and O–H groups in total. The van der Waals surface area contributed by atoms with Crippen LogP contribution in [0.5, 0.6) is 11.5 Å². The number of anilines is 2. The van der Waals surface area contributed by atoms with E-state index in [1.807, 2.05) is 55.6 Å². The van der Waals surface area contributed by atoms with Gasteiger partial charge in [-0.05, 0) is 73.8 Å². The van der Waals surface area contributed by atoms with E-state index >= 15 is 0 Å². The van der Waals surface area contributed by atoms with Crippen LogP contribution in [0, 0.1) is 0 Å². The lowest BCUT2D eigenvalue weighted by molar-refractivity contribution is -0.120. The molecule has 158 valence electrons. The van der Waals surface area contributed by atoms with Gasteiger partial charge in [-0.25, -0.2) is 4.90 Å². The van der Waals surface area contributed by atoms with Crippen LogP contribution in [0.15, 0.2) is 71.7 Å². The molecule has 0 aliphatic carbocycles. The molecule has 31 heavy (non-hydrogen) atoms. The molecule has 1 aromatic heterocycles. The minimum atomic E-state index is -0.397. The molecule has 1 aliphatic heterocycles. The first-order chi connectivity index (χ1) is 15.1. The predicted molar refractivity (Wildman–Crippen MR) is 123 cm³/mol. The van der Waals surface area contributed by atoms with Crippen LogP contribution in [0.4, 0.5) is 11.4 Å². The SMILES string of the molecule is CCOc1ccc(NC2=C(c3cccs3)C(=O)N(c3ccc(OCC)cc3)C2=O)cc1. The molecule has 0 fully saturated rings. The largest absolute Gasteiger partial charge is 0.494 e. The average Bonchev–Trinajstić information content (AvgIpc) is 3.38. The highest BCUT2D eigenvalue weighted by Crippen LogP contribution is 2.36. The summed E-state index contributed by atoms with van der Waals surface area (Å²) in [6.07, 6.45) is 0. The number of thiophene rings is 1. The molecule has 2 heterocycles. The maximum absolute atomic E-state index is 13.3. The number of rotatable bonds is 8. The van der Waals surface area contributed by atoms with E-state index in [4.69, 9.17) is 9.47 Å². The molecule has 3 aromatic rings. The summed E-state index contributed by atoms with van der Waals surface area (Å²) in [6, 6.07) is 17.9. The van der Waals surface area contributed by atoms with E-state index < -0.39 is 5.91 Å². The van der Waals surface area contributed by atoms with Crippen molar-refractivity contribution < 1.29 is 19.1 Å². The Morgan fingerprint density at radius 2 is 1.45 bits per heavy atom. The molecule has 2 aromatic carbocycles. The second-order valence-electron chi connectivity index (χ2n) is 6.68. The fraction of sp³-hybridized carbons (Fsp3) is 0.167. The fourth-order valence-corrected chi connectivity index (χ4v) is 4.10. The molecule has 7 heteroatoms. The van der Waals surface area contributed by atoms with Crippen LogP contribution in [-0.2, 0) is 9.59 Å². The van der Waals surface area contributed by atoms with Crippen molar-refractivity contribution in [1.82, 2.24) is 0 Å². The van der Waals surface area contributed by atoms with Crippen molar-refractivity contribution >= 4 is 40.1 Å². The second kappa shape index (κ2) is 9.06. The third kappa shape index (κ3) is 4.18. The zero-order valence-electron chi connectivity index (χ0n) is 17.3. The van der Waals surface area contributed by atoms with E-state index in [1.54, 1.807) is 24.3 Å². The first kappa shape index (κ1) is 20.7. The molecule has 0 saturated heterocycles. The van der Waals surface area contributed by atoms with Crippen molar-refractivity contribution in [1.29, 1.82) is 0 Å². The van der Waals surface area contributed by atoms with Crippen LogP contribution in [0.1, 0.15) is 18.7 Å². The third-order valence-corrected chi connectivity index (χ3v) is 5.58. The molecule has 0 spiro atoms. The van der Waals surface area contributed by atoms with Crippen LogP contribution in [0.25, 0.3) is 5.57 Å². The monoisotopic (exact) mass is 434 g/mol.